The third kappa shape index (κ3) is 6.04. The molecule has 3 N–H and O–H groups in total. The molecule has 11 nitrogen and oxygen atoms in total. The molecule has 1 aromatic heterocycles. The number of benzene rings is 2. The Morgan fingerprint density at radius 2 is 1.79 bits per heavy atom. The average molecular weight is 632 g/mol. The summed E-state index contributed by atoms with van der Waals surface area (Å²) < 4.78 is 64.7. The van der Waals surface area contributed by atoms with Gasteiger partial charge in [0.15, 0.2) is 9.84 Å². The highest BCUT2D eigenvalue weighted by Gasteiger charge is 2.54. The second-order valence-corrected chi connectivity index (χ2v) is 16.1. The molecule has 6 rings (SSSR count). The maximum Gasteiger partial charge on any atom is 0.244 e. The average Bonchev–Trinajstić information content (AvgIpc) is 3.75. The van der Waals surface area contributed by atoms with Crippen LogP contribution < -0.4 is 10.1 Å². The summed E-state index contributed by atoms with van der Waals surface area (Å²) in [5.41, 5.74) is 0.338. The molecule has 2 aromatic carbocycles. The number of nitrogens with one attached hydrogen (secondary N) is 1. The maximum atomic E-state index is 13.3. The minimum Gasteiger partial charge on any atom is -0.491 e. The molecule has 2 atom stereocenters. The van der Waals surface area contributed by atoms with Crippen molar-refractivity contribution in [3.63, 3.8) is 0 Å². The number of rotatable bonds is 11. The van der Waals surface area contributed by atoms with Crippen molar-refractivity contribution in [2.75, 3.05) is 39.5 Å². The fourth-order valence-electron chi connectivity index (χ4n) is 5.99. The first kappa shape index (κ1) is 30.4. The van der Waals surface area contributed by atoms with Crippen molar-refractivity contribution < 1.29 is 36.5 Å². The number of aliphatic hydroxyl groups is 2. The highest BCUT2D eigenvalue weighted by molar-refractivity contribution is 7.93. The minimum atomic E-state index is -3.67. The van der Waals surface area contributed by atoms with Crippen LogP contribution in [-0.4, -0.2) is 98.3 Å². The molecule has 2 saturated heterocycles. The van der Waals surface area contributed by atoms with E-state index in [-0.39, 0.29) is 29.0 Å². The van der Waals surface area contributed by atoms with Gasteiger partial charge in [0, 0.05) is 37.3 Å². The lowest BCUT2D eigenvalue weighted by Gasteiger charge is -2.38. The third-order valence-electron chi connectivity index (χ3n) is 8.91. The molecule has 0 radical (unpaired) electrons. The zero-order valence-corrected chi connectivity index (χ0v) is 25.4. The topological polar surface area (TPSA) is 155 Å². The number of hydrogen-bond acceptors (Lipinski definition) is 10. The molecule has 1 aliphatic carbocycles. The Morgan fingerprint density at radius 1 is 1.02 bits per heavy atom. The molecule has 0 bridgehead atoms. The van der Waals surface area contributed by atoms with Gasteiger partial charge in [-0.3, -0.25) is 4.98 Å². The van der Waals surface area contributed by atoms with Crippen molar-refractivity contribution in [1.82, 2.24) is 14.6 Å². The lowest BCUT2D eigenvalue weighted by Crippen LogP contribution is -2.47. The fourth-order valence-corrected chi connectivity index (χ4v) is 9.25. The third-order valence-corrected chi connectivity index (χ3v) is 13.3. The predicted molar refractivity (Wildman–Crippen MR) is 159 cm³/mol. The van der Waals surface area contributed by atoms with Gasteiger partial charge in [-0.1, -0.05) is 24.3 Å². The van der Waals surface area contributed by atoms with Gasteiger partial charge in [0.2, 0.25) is 10.0 Å². The summed E-state index contributed by atoms with van der Waals surface area (Å²) in [7, 11) is -7.34. The lowest BCUT2D eigenvalue weighted by molar-refractivity contribution is -0.0312. The van der Waals surface area contributed by atoms with Crippen LogP contribution in [0.1, 0.15) is 32.1 Å². The van der Waals surface area contributed by atoms with Crippen molar-refractivity contribution in [3.8, 4) is 5.75 Å². The molecule has 3 aliphatic rings. The second-order valence-electron chi connectivity index (χ2n) is 11.9. The van der Waals surface area contributed by atoms with Crippen LogP contribution in [0.25, 0.3) is 10.9 Å². The Balaban J connectivity index is 0.971. The molecule has 1 spiro atoms. The molecular formula is C30H37N3O8S2. The zero-order chi connectivity index (χ0) is 30.3. The first-order valence-electron chi connectivity index (χ1n) is 14.5. The van der Waals surface area contributed by atoms with Crippen molar-refractivity contribution in [1.29, 1.82) is 0 Å². The Morgan fingerprint density at radius 3 is 2.53 bits per heavy atom. The Labute approximate surface area is 251 Å². The Bertz CT molecular complexity index is 1690. The fraction of sp³-hybridized carbons (Fsp3) is 0.500. The molecule has 232 valence electrons. The molecule has 13 heteroatoms. The van der Waals surface area contributed by atoms with Crippen molar-refractivity contribution >= 4 is 30.8 Å². The molecule has 43 heavy (non-hydrogen) atoms. The van der Waals surface area contributed by atoms with Crippen LogP contribution in [0.15, 0.2) is 70.6 Å². The van der Waals surface area contributed by atoms with Gasteiger partial charge in [-0.2, -0.15) is 4.31 Å². The molecule has 1 unspecified atom stereocenters. The van der Waals surface area contributed by atoms with Crippen LogP contribution in [0, 0.1) is 0 Å². The van der Waals surface area contributed by atoms with Crippen molar-refractivity contribution in [2.45, 2.75) is 64.4 Å². The van der Waals surface area contributed by atoms with E-state index in [1.807, 2.05) is 24.3 Å². The number of sulfone groups is 1. The van der Waals surface area contributed by atoms with Crippen molar-refractivity contribution in [2.24, 2.45) is 0 Å². The summed E-state index contributed by atoms with van der Waals surface area (Å²) in [6, 6.07) is 15.2. The quantitative estimate of drug-likeness (QED) is 0.286. The zero-order valence-electron chi connectivity index (χ0n) is 23.8. The number of aliphatic hydroxyl groups excluding tert-OH is 2. The van der Waals surface area contributed by atoms with Crippen LogP contribution in [-0.2, 0) is 24.6 Å². The number of para-hydroxylation sites is 1. The van der Waals surface area contributed by atoms with Gasteiger partial charge in [0.05, 0.1) is 34.0 Å². The standard InChI is InChI=1S/C30H37N3O8S2/c34-21-30(8-9-30)42(36,37)26-6-3-5-25(15-26)40-20-24(35)17-31-23-16-29(41-19-23)10-12-33(13-11-29)43(38,39)27-14-22-4-1-2-7-28(22)32-18-27/h1-7,14-15,18,23-24,31,34-35H,8-13,16-17,19-21H2/t23-,24?/m1/s1. The molecule has 3 heterocycles. The van der Waals surface area contributed by atoms with E-state index in [2.05, 4.69) is 10.3 Å². The summed E-state index contributed by atoms with van der Waals surface area (Å²) in [5, 5.41) is 24.2. The van der Waals surface area contributed by atoms with Gasteiger partial charge in [-0.15, -0.1) is 0 Å². The maximum absolute atomic E-state index is 13.3. The normalized spacial score (nSPS) is 22.5. The Hall–Kier alpha value is -2.65. The second kappa shape index (κ2) is 11.7. The molecule has 3 aromatic rings. The summed E-state index contributed by atoms with van der Waals surface area (Å²) in [6.45, 7) is 0.986. The van der Waals surface area contributed by atoms with Gasteiger partial charge in [-0.05, 0) is 62.4 Å². The van der Waals surface area contributed by atoms with Crippen LogP contribution in [0.2, 0.25) is 0 Å². The highest BCUT2D eigenvalue weighted by atomic mass is 32.2. The van der Waals surface area contributed by atoms with E-state index in [9.17, 15) is 27.0 Å². The van der Waals surface area contributed by atoms with E-state index in [4.69, 9.17) is 9.47 Å². The van der Waals surface area contributed by atoms with E-state index in [0.29, 0.717) is 57.6 Å². The SMILES string of the molecule is O=S(=O)(c1cnc2ccccc2c1)N1CCC2(CC1)C[C@@H](NCC(O)COc1cccc(S(=O)(=O)C3(CO)CC3)c1)CO2. The number of pyridine rings is 1. The number of ether oxygens (including phenoxy) is 2. The monoisotopic (exact) mass is 631 g/mol. The molecule has 2 aliphatic heterocycles. The van der Waals surface area contributed by atoms with Crippen LogP contribution >= 0.6 is 0 Å². The molecule has 1 saturated carbocycles. The summed E-state index contributed by atoms with van der Waals surface area (Å²) in [5.74, 6) is 0.332. The number of fused-ring (bicyclic) bond motifs is 1. The predicted octanol–water partition coefficient (Wildman–Crippen LogP) is 1.88. The number of sulfonamides is 1. The number of piperidine rings is 1. The first-order valence-corrected chi connectivity index (χ1v) is 17.5. The van der Waals surface area contributed by atoms with E-state index >= 15 is 0 Å². The minimum absolute atomic E-state index is 0.00387. The Kier molecular flexibility index (Phi) is 8.26. The lowest BCUT2D eigenvalue weighted by atomic mass is 9.88. The van der Waals surface area contributed by atoms with E-state index in [1.54, 1.807) is 18.2 Å². The van der Waals surface area contributed by atoms with Crippen LogP contribution in [0.3, 0.4) is 0 Å². The number of nitrogens with zero attached hydrogens (tertiary/aromatic N) is 2. The van der Waals surface area contributed by atoms with Gasteiger partial charge in [0.25, 0.3) is 0 Å². The van der Waals surface area contributed by atoms with E-state index in [0.717, 1.165) is 10.9 Å². The van der Waals surface area contributed by atoms with Gasteiger partial charge in [-0.25, -0.2) is 16.8 Å². The summed E-state index contributed by atoms with van der Waals surface area (Å²) >= 11 is 0. The number of aromatic nitrogens is 1. The van der Waals surface area contributed by atoms with Crippen LogP contribution in [0.5, 0.6) is 5.75 Å². The highest BCUT2D eigenvalue weighted by Crippen LogP contribution is 2.46. The first-order chi connectivity index (χ1) is 20.6. The molecular weight excluding hydrogens is 594 g/mol. The summed E-state index contributed by atoms with van der Waals surface area (Å²) in [4.78, 5) is 4.61. The smallest absolute Gasteiger partial charge is 0.244 e. The molecule has 0 amide bonds. The van der Waals surface area contributed by atoms with Gasteiger partial charge in [0.1, 0.15) is 23.4 Å². The summed E-state index contributed by atoms with van der Waals surface area (Å²) in [6.07, 6.45) is 3.32. The van der Waals surface area contributed by atoms with Crippen LogP contribution in [0.4, 0.5) is 0 Å². The van der Waals surface area contributed by atoms with E-state index in [1.165, 1.54) is 22.6 Å². The van der Waals surface area contributed by atoms with E-state index < -0.39 is 42.9 Å². The largest absolute Gasteiger partial charge is 0.491 e. The number of hydrogen-bond donors (Lipinski definition) is 3. The van der Waals surface area contributed by atoms with Gasteiger partial charge >= 0.3 is 0 Å². The van der Waals surface area contributed by atoms with Crippen molar-refractivity contribution in [3.05, 3.63) is 60.8 Å². The van der Waals surface area contributed by atoms with Gasteiger partial charge < -0.3 is 25.0 Å². The molecule has 3 fully saturated rings.